The maximum atomic E-state index is 13.5. The molecule has 1 aliphatic heterocycles. The summed E-state index contributed by atoms with van der Waals surface area (Å²) in [5, 5.41) is 13.1. The zero-order valence-electron chi connectivity index (χ0n) is 18.8. The fraction of sp³-hybridized carbons (Fsp3) is 0.391. The fourth-order valence-corrected chi connectivity index (χ4v) is 4.27. The van der Waals surface area contributed by atoms with Gasteiger partial charge in [-0.15, -0.1) is 11.3 Å². The SMILES string of the molecule is CC(C)c1cnc(Nc2nc(/C=C/c3cccc(F)c3)nc(N3CCN(CCO)CC3)n2)s1. The molecule has 174 valence electrons. The van der Waals surface area contributed by atoms with E-state index in [4.69, 9.17) is 0 Å². The van der Waals surface area contributed by atoms with Gasteiger partial charge in [-0.3, -0.25) is 10.2 Å². The third-order valence-electron chi connectivity index (χ3n) is 5.30. The maximum Gasteiger partial charge on any atom is 0.234 e. The van der Waals surface area contributed by atoms with Crippen molar-refractivity contribution in [3.63, 3.8) is 0 Å². The van der Waals surface area contributed by atoms with E-state index in [1.165, 1.54) is 17.0 Å². The summed E-state index contributed by atoms with van der Waals surface area (Å²) in [4.78, 5) is 23.8. The highest BCUT2D eigenvalue weighted by Gasteiger charge is 2.20. The van der Waals surface area contributed by atoms with Gasteiger partial charge in [-0.2, -0.15) is 15.0 Å². The predicted molar refractivity (Wildman–Crippen MR) is 130 cm³/mol. The Hall–Kier alpha value is -2.95. The van der Waals surface area contributed by atoms with Gasteiger partial charge in [0.1, 0.15) is 5.82 Å². The first-order valence-corrected chi connectivity index (χ1v) is 11.8. The smallest absolute Gasteiger partial charge is 0.234 e. The van der Waals surface area contributed by atoms with Crippen LogP contribution in [-0.4, -0.2) is 69.3 Å². The number of nitrogens with one attached hydrogen (secondary N) is 1. The summed E-state index contributed by atoms with van der Waals surface area (Å²) < 4.78 is 13.5. The zero-order chi connectivity index (χ0) is 23.2. The number of β-amino-alcohol motifs (C(OH)–C–C–N with tert-alkyl or cyclic N) is 1. The Labute approximate surface area is 196 Å². The highest BCUT2D eigenvalue weighted by atomic mass is 32.1. The fourth-order valence-electron chi connectivity index (χ4n) is 3.45. The van der Waals surface area contributed by atoms with Crippen LogP contribution in [0.25, 0.3) is 12.2 Å². The number of thiazole rings is 1. The molecular weight excluding hydrogens is 441 g/mol. The molecule has 1 aliphatic rings. The van der Waals surface area contributed by atoms with Crippen LogP contribution in [-0.2, 0) is 0 Å². The van der Waals surface area contributed by atoms with Crippen LogP contribution in [0, 0.1) is 5.82 Å². The molecule has 0 amide bonds. The van der Waals surface area contributed by atoms with E-state index in [2.05, 4.69) is 48.9 Å². The molecule has 0 spiro atoms. The number of aliphatic hydroxyl groups is 1. The van der Waals surface area contributed by atoms with Crippen LogP contribution in [0.5, 0.6) is 0 Å². The molecule has 4 rings (SSSR count). The van der Waals surface area contributed by atoms with E-state index in [0.717, 1.165) is 36.9 Å². The number of nitrogens with zero attached hydrogens (tertiary/aromatic N) is 6. The van der Waals surface area contributed by atoms with E-state index < -0.39 is 0 Å². The van der Waals surface area contributed by atoms with Crippen molar-refractivity contribution in [3.8, 4) is 0 Å². The van der Waals surface area contributed by atoms with Crippen molar-refractivity contribution >= 4 is 40.5 Å². The van der Waals surface area contributed by atoms with E-state index in [0.29, 0.717) is 30.2 Å². The van der Waals surface area contributed by atoms with E-state index in [1.807, 2.05) is 12.3 Å². The van der Waals surface area contributed by atoms with Crippen molar-refractivity contribution in [2.75, 3.05) is 49.5 Å². The van der Waals surface area contributed by atoms with Gasteiger partial charge >= 0.3 is 0 Å². The lowest BCUT2D eigenvalue weighted by Crippen LogP contribution is -2.47. The summed E-state index contributed by atoms with van der Waals surface area (Å²) in [7, 11) is 0. The van der Waals surface area contributed by atoms with Crippen molar-refractivity contribution in [3.05, 3.63) is 52.5 Å². The Morgan fingerprint density at radius 3 is 2.67 bits per heavy atom. The quantitative estimate of drug-likeness (QED) is 0.517. The van der Waals surface area contributed by atoms with Gasteiger partial charge in [0, 0.05) is 43.8 Å². The molecule has 8 nitrogen and oxygen atoms in total. The molecule has 1 saturated heterocycles. The molecule has 0 aliphatic carbocycles. The van der Waals surface area contributed by atoms with Gasteiger partial charge < -0.3 is 10.0 Å². The van der Waals surface area contributed by atoms with E-state index in [-0.39, 0.29) is 12.4 Å². The second-order valence-corrected chi connectivity index (χ2v) is 9.17. The molecule has 1 aromatic carbocycles. The third kappa shape index (κ3) is 6.31. The minimum absolute atomic E-state index is 0.154. The molecule has 33 heavy (non-hydrogen) atoms. The van der Waals surface area contributed by atoms with E-state index in [9.17, 15) is 9.50 Å². The number of benzene rings is 1. The lowest BCUT2D eigenvalue weighted by atomic mass is 10.2. The van der Waals surface area contributed by atoms with Gasteiger partial charge in [0.25, 0.3) is 0 Å². The topological polar surface area (TPSA) is 90.3 Å². The molecule has 2 aromatic heterocycles. The van der Waals surface area contributed by atoms with Gasteiger partial charge in [0.2, 0.25) is 11.9 Å². The molecule has 3 heterocycles. The first-order valence-electron chi connectivity index (χ1n) is 11.0. The Bertz CT molecular complexity index is 1100. The van der Waals surface area contributed by atoms with Crippen molar-refractivity contribution in [2.24, 2.45) is 0 Å². The second kappa shape index (κ2) is 10.8. The standard InChI is InChI=1S/C23H28FN7OS/c1-16(2)19-15-25-23(33-19)29-21-26-20(7-6-17-4-3-5-18(24)14-17)27-22(28-21)31-10-8-30(9-11-31)12-13-32/h3-7,14-16,32H,8-13H2,1-2H3,(H,25,26,27,28,29)/b7-6+. The van der Waals surface area contributed by atoms with Gasteiger partial charge in [0.15, 0.2) is 11.0 Å². The van der Waals surface area contributed by atoms with Crippen molar-refractivity contribution in [2.45, 2.75) is 19.8 Å². The number of piperazine rings is 1. The third-order valence-corrected chi connectivity index (χ3v) is 6.51. The van der Waals surface area contributed by atoms with Crippen LogP contribution in [0.4, 0.5) is 21.4 Å². The molecular formula is C23H28FN7OS. The summed E-state index contributed by atoms with van der Waals surface area (Å²) in [6.45, 7) is 8.24. The van der Waals surface area contributed by atoms with E-state index in [1.54, 1.807) is 29.6 Å². The highest BCUT2D eigenvalue weighted by molar-refractivity contribution is 7.15. The number of aliphatic hydroxyl groups excluding tert-OH is 1. The molecule has 0 saturated carbocycles. The summed E-state index contributed by atoms with van der Waals surface area (Å²) in [5.41, 5.74) is 0.727. The summed E-state index contributed by atoms with van der Waals surface area (Å²) in [5.74, 6) is 1.58. The Morgan fingerprint density at radius 2 is 1.97 bits per heavy atom. The maximum absolute atomic E-state index is 13.5. The van der Waals surface area contributed by atoms with Gasteiger partial charge in [0.05, 0.1) is 6.61 Å². The van der Waals surface area contributed by atoms with Gasteiger partial charge in [-0.25, -0.2) is 9.37 Å². The molecule has 0 bridgehead atoms. The summed E-state index contributed by atoms with van der Waals surface area (Å²) >= 11 is 1.57. The average Bonchev–Trinajstić information content (AvgIpc) is 3.27. The number of hydrogen-bond acceptors (Lipinski definition) is 9. The Kier molecular flexibility index (Phi) is 7.58. The molecule has 10 heteroatoms. The molecule has 0 unspecified atom stereocenters. The molecule has 1 fully saturated rings. The van der Waals surface area contributed by atoms with Gasteiger partial charge in [-0.1, -0.05) is 32.1 Å². The Morgan fingerprint density at radius 1 is 1.15 bits per heavy atom. The highest BCUT2D eigenvalue weighted by Crippen LogP contribution is 2.27. The second-order valence-electron chi connectivity index (χ2n) is 8.11. The minimum Gasteiger partial charge on any atom is -0.395 e. The number of aromatic nitrogens is 4. The van der Waals surface area contributed by atoms with Crippen molar-refractivity contribution in [1.29, 1.82) is 0 Å². The average molecular weight is 470 g/mol. The van der Waals surface area contributed by atoms with Crippen LogP contribution in [0.3, 0.4) is 0 Å². The lowest BCUT2D eigenvalue weighted by Gasteiger charge is -2.34. The molecule has 2 N–H and O–H groups in total. The molecule has 0 atom stereocenters. The summed E-state index contributed by atoms with van der Waals surface area (Å²) in [6, 6.07) is 6.36. The number of halogens is 1. The normalized spacial score (nSPS) is 15.0. The Balaban J connectivity index is 1.59. The van der Waals surface area contributed by atoms with Crippen LogP contribution in [0.15, 0.2) is 30.5 Å². The first-order chi connectivity index (χ1) is 16.0. The van der Waals surface area contributed by atoms with Crippen LogP contribution in [0.1, 0.15) is 36.0 Å². The van der Waals surface area contributed by atoms with Crippen LogP contribution in [0.2, 0.25) is 0 Å². The zero-order valence-corrected chi connectivity index (χ0v) is 19.6. The largest absolute Gasteiger partial charge is 0.395 e. The first kappa shape index (κ1) is 23.2. The lowest BCUT2D eigenvalue weighted by molar-refractivity contribution is 0.188. The van der Waals surface area contributed by atoms with E-state index >= 15 is 0 Å². The van der Waals surface area contributed by atoms with Crippen molar-refractivity contribution in [1.82, 2.24) is 24.8 Å². The number of hydrogen-bond donors (Lipinski definition) is 2. The predicted octanol–water partition coefficient (Wildman–Crippen LogP) is 3.62. The monoisotopic (exact) mass is 469 g/mol. The molecule has 0 radical (unpaired) electrons. The summed E-state index contributed by atoms with van der Waals surface area (Å²) in [6.07, 6.45) is 5.41. The van der Waals surface area contributed by atoms with Crippen LogP contribution >= 0.6 is 11.3 Å². The van der Waals surface area contributed by atoms with Gasteiger partial charge in [-0.05, 0) is 29.7 Å². The van der Waals surface area contributed by atoms with Crippen LogP contribution < -0.4 is 10.2 Å². The molecule has 3 aromatic rings. The number of anilines is 3. The van der Waals surface area contributed by atoms with Crippen molar-refractivity contribution < 1.29 is 9.50 Å². The number of rotatable bonds is 8. The minimum atomic E-state index is -0.290.